The van der Waals surface area contributed by atoms with E-state index in [0.29, 0.717) is 11.4 Å². The Bertz CT molecular complexity index is 794. The minimum absolute atomic E-state index is 0.112. The van der Waals surface area contributed by atoms with E-state index in [2.05, 4.69) is 15.2 Å². The quantitative estimate of drug-likeness (QED) is 0.755. The molecule has 2 aromatic carbocycles. The molecule has 1 aromatic heterocycles. The van der Waals surface area contributed by atoms with Crippen LogP contribution in [0.25, 0.3) is 22.8 Å². The summed E-state index contributed by atoms with van der Waals surface area (Å²) in [6, 6.07) is 11.1. The van der Waals surface area contributed by atoms with Gasteiger partial charge in [-0.2, -0.15) is 18.3 Å². The van der Waals surface area contributed by atoms with Crippen LogP contribution in [0.4, 0.5) is 13.2 Å². The van der Waals surface area contributed by atoms with Gasteiger partial charge in [-0.1, -0.05) is 12.1 Å². The number of halogens is 3. The molecular weight excluding hydrogens is 295 g/mol. The largest absolute Gasteiger partial charge is 0.508 e. The van der Waals surface area contributed by atoms with Crippen molar-refractivity contribution >= 4 is 0 Å². The maximum Gasteiger partial charge on any atom is 0.416 e. The molecule has 0 radical (unpaired) electrons. The van der Waals surface area contributed by atoms with Gasteiger partial charge < -0.3 is 5.11 Å². The number of rotatable bonds is 2. The van der Waals surface area contributed by atoms with E-state index < -0.39 is 11.7 Å². The van der Waals surface area contributed by atoms with Crippen molar-refractivity contribution in [2.75, 3.05) is 0 Å². The lowest BCUT2D eigenvalue weighted by molar-refractivity contribution is -0.137. The Kier molecular flexibility index (Phi) is 3.32. The number of aromatic hydroxyl groups is 1. The van der Waals surface area contributed by atoms with Gasteiger partial charge in [0.15, 0.2) is 11.6 Å². The molecule has 0 saturated carbocycles. The summed E-state index contributed by atoms with van der Waals surface area (Å²) in [4.78, 5) is 4.19. The lowest BCUT2D eigenvalue weighted by Gasteiger charge is -2.06. The number of phenolic OH excluding ortho intramolecular Hbond substituents is 1. The van der Waals surface area contributed by atoms with Crippen molar-refractivity contribution in [3.63, 3.8) is 0 Å². The van der Waals surface area contributed by atoms with Crippen LogP contribution in [0.5, 0.6) is 5.75 Å². The van der Waals surface area contributed by atoms with E-state index in [-0.39, 0.29) is 17.1 Å². The summed E-state index contributed by atoms with van der Waals surface area (Å²) in [5.74, 6) is 0.697. The maximum absolute atomic E-state index is 12.7. The SMILES string of the molecule is Oc1ccc(-c2nc(-c3cccc(C(F)(F)F)c3)n[nH]2)cc1. The Morgan fingerprint density at radius 2 is 1.68 bits per heavy atom. The van der Waals surface area contributed by atoms with Crippen LogP contribution in [0.2, 0.25) is 0 Å². The van der Waals surface area contributed by atoms with Crippen LogP contribution in [0, 0.1) is 0 Å². The zero-order chi connectivity index (χ0) is 15.7. The molecule has 0 amide bonds. The Hall–Kier alpha value is -2.83. The lowest BCUT2D eigenvalue weighted by atomic mass is 10.1. The highest BCUT2D eigenvalue weighted by Crippen LogP contribution is 2.31. The third-order valence-corrected chi connectivity index (χ3v) is 3.07. The van der Waals surface area contributed by atoms with Crippen LogP contribution in [0.3, 0.4) is 0 Å². The van der Waals surface area contributed by atoms with Crippen LogP contribution < -0.4 is 0 Å². The van der Waals surface area contributed by atoms with Gasteiger partial charge in [-0.3, -0.25) is 5.10 Å². The number of phenols is 1. The van der Waals surface area contributed by atoms with Crippen LogP contribution >= 0.6 is 0 Å². The molecule has 0 bridgehead atoms. The number of hydrogen-bond donors (Lipinski definition) is 2. The molecule has 0 aliphatic rings. The second-order valence-corrected chi connectivity index (χ2v) is 4.63. The van der Waals surface area contributed by atoms with Crippen molar-refractivity contribution in [3.05, 3.63) is 54.1 Å². The summed E-state index contributed by atoms with van der Waals surface area (Å²) in [6.07, 6.45) is -4.41. The summed E-state index contributed by atoms with van der Waals surface area (Å²) in [7, 11) is 0. The summed E-state index contributed by atoms with van der Waals surface area (Å²) in [5, 5.41) is 15.9. The number of aromatic nitrogens is 3. The zero-order valence-electron chi connectivity index (χ0n) is 11.1. The number of H-pyrrole nitrogens is 1. The van der Waals surface area contributed by atoms with Crippen molar-refractivity contribution in [1.82, 2.24) is 15.2 Å². The Morgan fingerprint density at radius 3 is 2.36 bits per heavy atom. The summed E-state index contributed by atoms with van der Waals surface area (Å²) in [5.41, 5.74) is 0.195. The molecule has 0 saturated heterocycles. The Morgan fingerprint density at radius 1 is 0.955 bits per heavy atom. The molecule has 3 rings (SSSR count). The van der Waals surface area contributed by atoms with Crippen molar-refractivity contribution in [2.45, 2.75) is 6.18 Å². The topological polar surface area (TPSA) is 61.8 Å². The highest BCUT2D eigenvalue weighted by Gasteiger charge is 2.30. The van der Waals surface area contributed by atoms with E-state index in [0.717, 1.165) is 12.1 Å². The summed E-state index contributed by atoms with van der Waals surface area (Å²) >= 11 is 0. The molecule has 0 aliphatic heterocycles. The molecule has 112 valence electrons. The van der Waals surface area contributed by atoms with Gasteiger partial charge in [0.2, 0.25) is 0 Å². The molecule has 0 fully saturated rings. The van der Waals surface area contributed by atoms with Gasteiger partial charge in [-0.15, -0.1) is 0 Å². The van der Waals surface area contributed by atoms with Gasteiger partial charge in [0, 0.05) is 11.1 Å². The predicted molar refractivity (Wildman–Crippen MR) is 73.9 cm³/mol. The average Bonchev–Trinajstić information content (AvgIpc) is 2.97. The van der Waals surface area contributed by atoms with Crippen molar-refractivity contribution in [1.29, 1.82) is 0 Å². The fraction of sp³-hybridized carbons (Fsp3) is 0.0667. The van der Waals surface area contributed by atoms with E-state index >= 15 is 0 Å². The molecule has 22 heavy (non-hydrogen) atoms. The first-order valence-corrected chi connectivity index (χ1v) is 6.33. The second-order valence-electron chi connectivity index (χ2n) is 4.63. The third-order valence-electron chi connectivity index (χ3n) is 3.07. The number of aromatic amines is 1. The van der Waals surface area contributed by atoms with Gasteiger partial charge in [-0.25, -0.2) is 4.98 Å². The number of hydrogen-bond acceptors (Lipinski definition) is 3. The minimum Gasteiger partial charge on any atom is -0.508 e. The van der Waals surface area contributed by atoms with Crippen LogP contribution in [-0.2, 0) is 6.18 Å². The van der Waals surface area contributed by atoms with Crippen LogP contribution in [-0.4, -0.2) is 20.3 Å². The Balaban J connectivity index is 1.96. The predicted octanol–water partition coefficient (Wildman–Crippen LogP) is 3.86. The smallest absolute Gasteiger partial charge is 0.416 e. The fourth-order valence-corrected chi connectivity index (χ4v) is 1.97. The molecular formula is C15H10F3N3O. The average molecular weight is 305 g/mol. The number of nitrogens with zero attached hydrogens (tertiary/aromatic N) is 2. The molecule has 1 heterocycles. The first-order valence-electron chi connectivity index (χ1n) is 6.33. The van der Waals surface area contributed by atoms with E-state index in [1.165, 1.54) is 24.3 Å². The van der Waals surface area contributed by atoms with Gasteiger partial charge in [-0.05, 0) is 36.4 Å². The number of nitrogens with one attached hydrogen (secondary N) is 1. The van der Waals surface area contributed by atoms with Gasteiger partial charge in [0.25, 0.3) is 0 Å². The normalized spacial score (nSPS) is 11.6. The van der Waals surface area contributed by atoms with Gasteiger partial charge >= 0.3 is 6.18 Å². The molecule has 0 spiro atoms. The summed E-state index contributed by atoms with van der Waals surface area (Å²) in [6.45, 7) is 0. The van der Waals surface area contributed by atoms with Crippen LogP contribution in [0.15, 0.2) is 48.5 Å². The summed E-state index contributed by atoms with van der Waals surface area (Å²) < 4.78 is 38.2. The monoisotopic (exact) mass is 305 g/mol. The first-order chi connectivity index (χ1) is 10.4. The second kappa shape index (κ2) is 5.18. The fourth-order valence-electron chi connectivity index (χ4n) is 1.97. The lowest BCUT2D eigenvalue weighted by Crippen LogP contribution is -2.04. The van der Waals surface area contributed by atoms with Crippen molar-refractivity contribution < 1.29 is 18.3 Å². The van der Waals surface area contributed by atoms with E-state index in [9.17, 15) is 18.3 Å². The molecule has 4 nitrogen and oxygen atoms in total. The van der Waals surface area contributed by atoms with E-state index in [1.54, 1.807) is 12.1 Å². The molecule has 0 aliphatic carbocycles. The molecule has 2 N–H and O–H groups in total. The maximum atomic E-state index is 12.7. The molecule has 0 unspecified atom stereocenters. The van der Waals surface area contributed by atoms with Crippen molar-refractivity contribution in [2.24, 2.45) is 0 Å². The van der Waals surface area contributed by atoms with E-state index in [1.807, 2.05) is 0 Å². The first kappa shape index (κ1) is 14.1. The standard InChI is InChI=1S/C15H10F3N3O/c16-15(17,18)11-3-1-2-10(8-11)14-19-13(20-21-14)9-4-6-12(22)7-5-9/h1-8,22H,(H,19,20,21). The van der Waals surface area contributed by atoms with Gasteiger partial charge in [0.1, 0.15) is 5.75 Å². The molecule has 3 aromatic rings. The van der Waals surface area contributed by atoms with Crippen LogP contribution in [0.1, 0.15) is 5.56 Å². The van der Waals surface area contributed by atoms with E-state index in [4.69, 9.17) is 0 Å². The number of benzene rings is 2. The van der Waals surface area contributed by atoms with Gasteiger partial charge in [0.05, 0.1) is 5.56 Å². The minimum atomic E-state index is -4.41. The molecule has 7 heteroatoms. The highest BCUT2D eigenvalue weighted by atomic mass is 19.4. The van der Waals surface area contributed by atoms with Crippen molar-refractivity contribution in [3.8, 4) is 28.5 Å². The molecule has 0 atom stereocenters. The Labute approximate surface area is 123 Å². The highest BCUT2D eigenvalue weighted by molar-refractivity contribution is 5.62. The third kappa shape index (κ3) is 2.78. The zero-order valence-corrected chi connectivity index (χ0v) is 11.1. The number of alkyl halides is 3.